The Morgan fingerprint density at radius 3 is 2.71 bits per heavy atom. The van der Waals surface area contributed by atoms with Crippen molar-refractivity contribution in [3.05, 3.63) is 35.4 Å². The lowest BCUT2D eigenvalue weighted by molar-refractivity contribution is -0.356. The lowest BCUT2D eigenvalue weighted by Gasteiger charge is -2.74. The third-order valence-electron chi connectivity index (χ3n) is 11.8. The maximum atomic E-state index is 7.15. The number of methoxy groups -OCH3 is 1. The summed E-state index contributed by atoms with van der Waals surface area (Å²) < 4.78 is 26.4. The van der Waals surface area contributed by atoms with Gasteiger partial charge < -0.3 is 18.9 Å². The molecular formula is C30H39NO4. The van der Waals surface area contributed by atoms with E-state index in [1.165, 1.54) is 30.5 Å². The molecule has 1 unspecified atom stereocenters. The van der Waals surface area contributed by atoms with Crippen molar-refractivity contribution >= 4 is 0 Å². The first-order chi connectivity index (χ1) is 16.7. The van der Waals surface area contributed by atoms with Gasteiger partial charge in [-0.1, -0.05) is 39.0 Å². The fourth-order valence-electron chi connectivity index (χ4n) is 9.55. The number of hydrogen-bond acceptors (Lipinski definition) is 5. The molecule has 2 saturated carbocycles. The van der Waals surface area contributed by atoms with E-state index in [1.54, 1.807) is 7.11 Å². The van der Waals surface area contributed by atoms with Crippen LogP contribution in [0.5, 0.6) is 11.5 Å². The Hall–Kier alpha value is -1.56. The van der Waals surface area contributed by atoms with Crippen LogP contribution in [0.2, 0.25) is 0 Å². The number of rotatable bonds is 3. The van der Waals surface area contributed by atoms with Gasteiger partial charge in [-0.3, -0.25) is 4.90 Å². The second kappa shape index (κ2) is 6.28. The van der Waals surface area contributed by atoms with Gasteiger partial charge in [0.05, 0.1) is 18.1 Å². The Bertz CT molecular complexity index is 1150. The Morgan fingerprint density at radius 2 is 1.97 bits per heavy atom. The predicted molar refractivity (Wildman–Crippen MR) is 133 cm³/mol. The zero-order chi connectivity index (χ0) is 24.0. The molecular weight excluding hydrogens is 438 g/mol. The first-order valence-corrected chi connectivity index (χ1v) is 13.8. The van der Waals surface area contributed by atoms with Crippen LogP contribution in [0.4, 0.5) is 0 Å². The lowest BCUT2D eigenvalue weighted by Crippen LogP contribution is -2.83. The van der Waals surface area contributed by atoms with E-state index in [9.17, 15) is 0 Å². The second-order valence-electron chi connectivity index (χ2n) is 13.8. The smallest absolute Gasteiger partial charge is 0.166 e. The zero-order valence-electron chi connectivity index (χ0n) is 21.9. The Balaban J connectivity index is 1.39. The number of ether oxygens (including phenoxy) is 4. The summed E-state index contributed by atoms with van der Waals surface area (Å²) in [6.07, 6.45) is 11.1. The van der Waals surface area contributed by atoms with Crippen molar-refractivity contribution < 1.29 is 18.9 Å². The quantitative estimate of drug-likeness (QED) is 0.582. The SMILES string of the molecule is COc1ccc2c3c1O[C@@H]1[C@]34CCN(CC3CC3)[C@H](C2)[C@]42C=C[C@]13OCO[C@](C)(C(C)(C)C)C3C2. The molecule has 4 bridgehead atoms. The van der Waals surface area contributed by atoms with Gasteiger partial charge in [0.15, 0.2) is 11.5 Å². The Morgan fingerprint density at radius 1 is 1.14 bits per heavy atom. The lowest BCUT2D eigenvalue weighted by atomic mass is 9.35. The maximum absolute atomic E-state index is 7.15. The largest absolute Gasteiger partial charge is 0.493 e. The molecule has 2 saturated heterocycles. The highest BCUT2D eigenvalue weighted by atomic mass is 16.7. The van der Waals surface area contributed by atoms with Crippen LogP contribution in [0.3, 0.4) is 0 Å². The zero-order valence-corrected chi connectivity index (χ0v) is 21.9. The minimum atomic E-state index is -0.482. The van der Waals surface area contributed by atoms with Crippen molar-refractivity contribution in [1.29, 1.82) is 0 Å². The topological polar surface area (TPSA) is 40.2 Å². The number of piperidine rings is 1. The monoisotopic (exact) mass is 477 g/mol. The van der Waals surface area contributed by atoms with Gasteiger partial charge in [0.2, 0.25) is 0 Å². The summed E-state index contributed by atoms with van der Waals surface area (Å²) in [6.45, 7) is 12.1. The molecule has 188 valence electrons. The van der Waals surface area contributed by atoms with Crippen LogP contribution in [0, 0.1) is 22.7 Å². The number of likely N-dealkylation sites (tertiary alicyclic amines) is 1. The second-order valence-corrected chi connectivity index (χ2v) is 13.8. The maximum Gasteiger partial charge on any atom is 0.166 e. The molecule has 0 radical (unpaired) electrons. The summed E-state index contributed by atoms with van der Waals surface area (Å²) in [5, 5.41) is 0. The molecule has 5 heteroatoms. The van der Waals surface area contributed by atoms with E-state index < -0.39 is 5.60 Å². The molecule has 35 heavy (non-hydrogen) atoms. The molecule has 3 heterocycles. The highest BCUT2D eigenvalue weighted by Gasteiger charge is 2.82. The normalized spacial score (nSPS) is 46.7. The summed E-state index contributed by atoms with van der Waals surface area (Å²) >= 11 is 0. The molecule has 0 N–H and O–H groups in total. The summed E-state index contributed by atoms with van der Waals surface area (Å²) in [7, 11) is 1.77. The molecule has 1 aromatic rings. The summed E-state index contributed by atoms with van der Waals surface area (Å²) in [6, 6.07) is 4.96. The van der Waals surface area contributed by atoms with Crippen molar-refractivity contribution in [2.24, 2.45) is 22.7 Å². The minimum absolute atomic E-state index is 0.0185. The molecule has 7 atom stereocenters. The van der Waals surface area contributed by atoms with Crippen LogP contribution in [0.25, 0.3) is 0 Å². The van der Waals surface area contributed by atoms with Crippen molar-refractivity contribution in [1.82, 2.24) is 4.90 Å². The molecule has 4 fully saturated rings. The van der Waals surface area contributed by atoms with Crippen molar-refractivity contribution in [2.45, 2.75) is 88.6 Å². The van der Waals surface area contributed by atoms with Crippen LogP contribution in [0.15, 0.2) is 24.3 Å². The van der Waals surface area contributed by atoms with Gasteiger partial charge in [0.25, 0.3) is 0 Å². The van der Waals surface area contributed by atoms with E-state index in [0.717, 1.165) is 43.2 Å². The summed E-state index contributed by atoms with van der Waals surface area (Å²) in [4.78, 5) is 2.87. The molecule has 3 aliphatic heterocycles. The van der Waals surface area contributed by atoms with Gasteiger partial charge in [-0.05, 0) is 68.5 Å². The van der Waals surface area contributed by atoms with E-state index in [4.69, 9.17) is 18.9 Å². The minimum Gasteiger partial charge on any atom is -0.493 e. The van der Waals surface area contributed by atoms with Crippen LogP contribution >= 0.6 is 0 Å². The molecule has 8 aliphatic rings. The van der Waals surface area contributed by atoms with Gasteiger partial charge >= 0.3 is 0 Å². The van der Waals surface area contributed by atoms with Gasteiger partial charge in [-0.15, -0.1) is 0 Å². The van der Waals surface area contributed by atoms with Crippen LogP contribution in [-0.2, 0) is 21.3 Å². The predicted octanol–water partition coefficient (Wildman–Crippen LogP) is 4.86. The van der Waals surface area contributed by atoms with Crippen molar-refractivity contribution in [2.75, 3.05) is 27.0 Å². The van der Waals surface area contributed by atoms with E-state index in [-0.39, 0.29) is 33.9 Å². The van der Waals surface area contributed by atoms with Crippen molar-refractivity contribution in [3.8, 4) is 11.5 Å². The van der Waals surface area contributed by atoms with Crippen LogP contribution in [-0.4, -0.2) is 55.2 Å². The third kappa shape index (κ3) is 2.22. The average Bonchev–Trinajstić information content (AvgIpc) is 3.57. The molecule has 1 aromatic carbocycles. The van der Waals surface area contributed by atoms with E-state index in [2.05, 4.69) is 56.9 Å². The van der Waals surface area contributed by atoms with E-state index >= 15 is 0 Å². The van der Waals surface area contributed by atoms with E-state index in [0.29, 0.717) is 12.8 Å². The molecule has 3 spiro atoms. The Labute approximate surface area is 209 Å². The molecule has 0 amide bonds. The highest BCUT2D eigenvalue weighted by molar-refractivity contribution is 5.65. The van der Waals surface area contributed by atoms with Crippen LogP contribution in [0.1, 0.15) is 64.5 Å². The van der Waals surface area contributed by atoms with Crippen molar-refractivity contribution in [3.63, 3.8) is 0 Å². The van der Waals surface area contributed by atoms with E-state index in [1.807, 2.05) is 0 Å². The molecule has 5 nitrogen and oxygen atoms in total. The Kier molecular flexibility index (Phi) is 3.86. The fraction of sp³-hybridized carbons (Fsp3) is 0.733. The summed E-state index contributed by atoms with van der Waals surface area (Å²) in [5.41, 5.74) is 2.08. The molecule has 0 aromatic heterocycles. The number of hydrogen-bond donors (Lipinski definition) is 0. The fourth-order valence-corrected chi connectivity index (χ4v) is 9.55. The molecule has 5 aliphatic carbocycles. The standard InChI is InChI=1S/C30H39NO4/c1-26(2,3)27(4)21-15-28-10-11-30(21,34-17-33-27)25-29(28)12-13-31(16-18-6-7-18)22(28)14-19-8-9-20(32-5)24(35-25)23(19)29/h8-11,18,21-22,25H,6-7,12-17H2,1-5H3/t21?,22-,25-,27+,28-,29+,30-/m1/s1. The number of benzene rings is 1. The summed E-state index contributed by atoms with van der Waals surface area (Å²) in [5.74, 6) is 2.99. The highest BCUT2D eigenvalue weighted by Crippen LogP contribution is 2.77. The number of nitrogens with zero attached hydrogens (tertiary/aromatic N) is 1. The van der Waals surface area contributed by atoms with Gasteiger partial charge in [-0.2, -0.15) is 0 Å². The third-order valence-corrected chi connectivity index (χ3v) is 11.8. The molecule has 9 rings (SSSR count). The average molecular weight is 478 g/mol. The first kappa shape index (κ1) is 21.5. The van der Waals surface area contributed by atoms with Gasteiger partial charge in [0, 0.05) is 29.5 Å². The first-order valence-electron chi connectivity index (χ1n) is 13.8. The van der Waals surface area contributed by atoms with Gasteiger partial charge in [-0.25, -0.2) is 0 Å². The van der Waals surface area contributed by atoms with Gasteiger partial charge in [0.1, 0.15) is 18.5 Å². The van der Waals surface area contributed by atoms with Crippen LogP contribution < -0.4 is 9.47 Å².